The number of esters is 1. The van der Waals surface area contributed by atoms with Gasteiger partial charge in [0, 0.05) is 44.8 Å². The normalized spacial score (nSPS) is 16.9. The van der Waals surface area contributed by atoms with Crippen molar-refractivity contribution in [3.63, 3.8) is 0 Å². The summed E-state index contributed by atoms with van der Waals surface area (Å²) in [4.78, 5) is 43.2. The second-order valence-corrected chi connectivity index (χ2v) is 12.9. The van der Waals surface area contributed by atoms with Crippen LogP contribution in [0.25, 0.3) is 16.2 Å². The van der Waals surface area contributed by atoms with Gasteiger partial charge in [0.05, 0.1) is 25.3 Å². The van der Waals surface area contributed by atoms with Gasteiger partial charge in [-0.15, -0.1) is 5.10 Å². The van der Waals surface area contributed by atoms with Crippen molar-refractivity contribution >= 4 is 55.6 Å². The van der Waals surface area contributed by atoms with Crippen LogP contribution in [0.15, 0.2) is 24.3 Å². The first-order chi connectivity index (χ1) is 21.2. The summed E-state index contributed by atoms with van der Waals surface area (Å²) in [6.45, 7) is 4.70. The molecule has 1 amide bonds. The van der Waals surface area contributed by atoms with E-state index in [-0.39, 0.29) is 29.7 Å². The van der Waals surface area contributed by atoms with Crippen LogP contribution in [-0.4, -0.2) is 101 Å². The van der Waals surface area contributed by atoms with E-state index in [0.717, 1.165) is 41.1 Å². The molecule has 44 heavy (non-hydrogen) atoms. The van der Waals surface area contributed by atoms with E-state index in [1.165, 1.54) is 41.9 Å². The molecule has 2 fully saturated rings. The largest absolute Gasteiger partial charge is 0.469 e. The molecule has 2 aliphatic rings. The van der Waals surface area contributed by atoms with Crippen LogP contribution in [0, 0.1) is 23.1 Å². The fourth-order valence-electron chi connectivity index (χ4n) is 5.61. The number of likely N-dealkylation sites (tertiary alicyclic amines) is 1. The molecule has 6 rings (SSSR count). The number of anilines is 3. The van der Waals surface area contributed by atoms with Gasteiger partial charge < -0.3 is 19.4 Å². The number of benzene rings is 1. The molecule has 2 saturated heterocycles. The first kappa shape index (κ1) is 29.9. The number of hydrogen-bond acceptors (Lipinski definition) is 12. The number of ether oxygens (including phenoxy) is 1. The minimum absolute atomic E-state index is 0.0166. The standard InChI is InChI=1S/C29H32FN9O3S2/c1-5-21-25(36(3)27-33-24(22(12-31)43-27)17-6-8-19(30)9-7-17)39-28(32-21)44-29(34-39)37-11-10-20(15-37)35(2)16-23(40)38-13-18(14-38)26(41)42-4/h6-9,18,20H,5,10-11,13-16H2,1-4H3/t20-/m1/s1. The number of carbonyl (C=O) groups excluding carboxylic acids is 2. The molecule has 0 spiro atoms. The van der Waals surface area contributed by atoms with Crippen LogP contribution in [0.3, 0.4) is 0 Å². The van der Waals surface area contributed by atoms with Gasteiger partial charge in [-0.3, -0.25) is 14.5 Å². The highest BCUT2D eigenvalue weighted by molar-refractivity contribution is 7.20. The SMILES string of the molecule is CCc1nc2sc(N3CC[C@@H](N(C)CC(=O)N4CC(C(=O)OC)C4)C3)nn2c1N(C)c1nc(-c2ccc(F)cc2)c(C#N)s1. The number of nitrogens with zero attached hydrogens (tertiary/aromatic N) is 9. The third-order valence-electron chi connectivity index (χ3n) is 8.22. The van der Waals surface area contributed by atoms with E-state index in [1.807, 2.05) is 30.4 Å². The fourth-order valence-corrected chi connectivity index (χ4v) is 7.41. The number of likely N-dealkylation sites (N-methyl/N-ethyl adjacent to an activating group) is 1. The summed E-state index contributed by atoms with van der Waals surface area (Å²) in [6, 6.07) is 8.38. The topological polar surface area (TPSA) is 123 Å². The molecule has 5 heterocycles. The van der Waals surface area contributed by atoms with Crippen molar-refractivity contribution in [2.24, 2.45) is 5.92 Å². The predicted octanol–water partition coefficient (Wildman–Crippen LogP) is 3.40. The number of imidazole rings is 1. The Labute approximate surface area is 261 Å². The summed E-state index contributed by atoms with van der Waals surface area (Å²) >= 11 is 2.78. The zero-order valence-corrected chi connectivity index (χ0v) is 26.5. The molecular formula is C29H32FN9O3S2. The zero-order chi connectivity index (χ0) is 31.1. The number of fused-ring (bicyclic) bond motifs is 1. The number of aromatic nitrogens is 4. The van der Waals surface area contributed by atoms with Gasteiger partial charge in [-0.2, -0.15) is 9.78 Å². The van der Waals surface area contributed by atoms with Crippen molar-refractivity contribution in [2.45, 2.75) is 25.8 Å². The molecule has 2 aliphatic heterocycles. The van der Waals surface area contributed by atoms with Gasteiger partial charge in [-0.1, -0.05) is 29.6 Å². The van der Waals surface area contributed by atoms with E-state index < -0.39 is 0 Å². The van der Waals surface area contributed by atoms with Gasteiger partial charge in [0.1, 0.15) is 22.5 Å². The Morgan fingerprint density at radius 2 is 1.91 bits per heavy atom. The summed E-state index contributed by atoms with van der Waals surface area (Å²) in [7, 11) is 5.22. The number of rotatable bonds is 9. The maximum absolute atomic E-state index is 13.5. The minimum Gasteiger partial charge on any atom is -0.469 e. The molecule has 12 nitrogen and oxygen atoms in total. The lowest BCUT2D eigenvalue weighted by atomic mass is 10.0. The highest BCUT2D eigenvalue weighted by Gasteiger charge is 2.38. The van der Waals surface area contributed by atoms with Crippen LogP contribution < -0.4 is 9.80 Å². The number of amides is 1. The van der Waals surface area contributed by atoms with Gasteiger partial charge in [-0.05, 0) is 44.2 Å². The number of nitriles is 1. The summed E-state index contributed by atoms with van der Waals surface area (Å²) in [6.07, 6.45) is 1.58. The Morgan fingerprint density at radius 1 is 1.16 bits per heavy atom. The maximum Gasteiger partial charge on any atom is 0.312 e. The number of thiazole rings is 1. The van der Waals surface area contributed by atoms with Gasteiger partial charge in [-0.25, -0.2) is 14.4 Å². The molecule has 3 aromatic heterocycles. The van der Waals surface area contributed by atoms with E-state index in [4.69, 9.17) is 19.8 Å². The van der Waals surface area contributed by atoms with E-state index in [0.29, 0.717) is 47.3 Å². The average Bonchev–Trinajstić information content (AvgIpc) is 3.78. The van der Waals surface area contributed by atoms with Gasteiger partial charge in [0.25, 0.3) is 0 Å². The Morgan fingerprint density at radius 3 is 2.59 bits per heavy atom. The van der Waals surface area contributed by atoms with Gasteiger partial charge in [0.2, 0.25) is 16.0 Å². The highest BCUT2D eigenvalue weighted by Crippen LogP contribution is 2.38. The molecule has 0 saturated carbocycles. The number of methoxy groups -OCH3 is 1. The second-order valence-electron chi connectivity index (χ2n) is 11.0. The monoisotopic (exact) mass is 637 g/mol. The first-order valence-corrected chi connectivity index (χ1v) is 15.9. The first-order valence-electron chi connectivity index (χ1n) is 14.3. The third-order valence-corrected chi connectivity index (χ3v) is 10.2. The molecule has 0 N–H and O–H groups in total. The quantitative estimate of drug-likeness (QED) is 0.252. The van der Waals surface area contributed by atoms with E-state index >= 15 is 0 Å². The van der Waals surface area contributed by atoms with Crippen molar-refractivity contribution < 1.29 is 18.7 Å². The van der Waals surface area contributed by atoms with Crippen LogP contribution in [0.5, 0.6) is 0 Å². The Balaban J connectivity index is 1.17. The molecular weight excluding hydrogens is 606 g/mol. The maximum atomic E-state index is 13.5. The van der Waals surface area contributed by atoms with Crippen LogP contribution in [0.1, 0.15) is 23.9 Å². The third kappa shape index (κ3) is 5.49. The summed E-state index contributed by atoms with van der Waals surface area (Å²) in [5.74, 6) is -0.0369. The molecule has 0 bridgehead atoms. The second kappa shape index (κ2) is 12.1. The fraction of sp³-hybridized carbons (Fsp3) is 0.448. The smallest absolute Gasteiger partial charge is 0.312 e. The lowest BCUT2D eigenvalue weighted by Crippen LogP contribution is -2.56. The molecule has 0 radical (unpaired) electrons. The van der Waals surface area contributed by atoms with Gasteiger partial charge >= 0.3 is 5.97 Å². The van der Waals surface area contributed by atoms with Crippen molar-refractivity contribution in [1.29, 1.82) is 5.26 Å². The lowest BCUT2D eigenvalue weighted by molar-refractivity contribution is -0.156. The Kier molecular flexibility index (Phi) is 8.23. The van der Waals surface area contributed by atoms with Crippen molar-refractivity contribution in [3.8, 4) is 17.3 Å². The van der Waals surface area contributed by atoms with E-state index in [2.05, 4.69) is 15.9 Å². The number of carbonyl (C=O) groups is 2. The minimum atomic E-state index is -0.348. The highest BCUT2D eigenvalue weighted by atomic mass is 32.1. The van der Waals surface area contributed by atoms with Gasteiger partial charge in [0.15, 0.2) is 10.9 Å². The number of aryl methyl sites for hydroxylation is 1. The van der Waals surface area contributed by atoms with E-state index in [9.17, 15) is 19.2 Å². The van der Waals surface area contributed by atoms with Crippen molar-refractivity contribution in [2.75, 3.05) is 63.7 Å². The van der Waals surface area contributed by atoms with Crippen molar-refractivity contribution in [1.82, 2.24) is 29.4 Å². The number of halogens is 1. The van der Waals surface area contributed by atoms with Crippen LogP contribution >= 0.6 is 22.7 Å². The van der Waals surface area contributed by atoms with Crippen molar-refractivity contribution in [3.05, 3.63) is 40.7 Å². The summed E-state index contributed by atoms with van der Waals surface area (Å²) in [5, 5.41) is 16.2. The van der Waals surface area contributed by atoms with E-state index in [1.54, 1.807) is 17.0 Å². The van der Waals surface area contributed by atoms with Crippen LogP contribution in [0.4, 0.5) is 20.5 Å². The lowest BCUT2D eigenvalue weighted by Gasteiger charge is -2.38. The molecule has 15 heteroatoms. The number of hydrogen-bond donors (Lipinski definition) is 0. The average molecular weight is 638 g/mol. The molecule has 1 atom stereocenters. The Bertz CT molecular complexity index is 1740. The molecule has 230 valence electrons. The molecule has 0 unspecified atom stereocenters. The van der Waals surface area contributed by atoms with Crippen LogP contribution in [0.2, 0.25) is 0 Å². The summed E-state index contributed by atoms with van der Waals surface area (Å²) < 4.78 is 20.1. The molecule has 4 aromatic rings. The molecule has 0 aliphatic carbocycles. The predicted molar refractivity (Wildman–Crippen MR) is 166 cm³/mol. The van der Waals surface area contributed by atoms with Crippen LogP contribution in [-0.2, 0) is 20.7 Å². The Hall–Kier alpha value is -4.13. The summed E-state index contributed by atoms with van der Waals surface area (Å²) in [5.41, 5.74) is 2.06. The zero-order valence-electron chi connectivity index (χ0n) is 24.9. The molecule has 1 aromatic carbocycles.